The minimum atomic E-state index is -0.136. The molecule has 23 heavy (non-hydrogen) atoms. The molecule has 6 nitrogen and oxygen atoms in total. The maximum absolute atomic E-state index is 11.7. The summed E-state index contributed by atoms with van der Waals surface area (Å²) < 4.78 is 0. The van der Waals surface area contributed by atoms with Gasteiger partial charge in [0.15, 0.2) is 0 Å². The summed E-state index contributed by atoms with van der Waals surface area (Å²) in [5, 5.41) is 2.85. The fourth-order valence-electron chi connectivity index (χ4n) is 2.68. The van der Waals surface area contributed by atoms with Gasteiger partial charge in [-0.05, 0) is 24.6 Å². The first kappa shape index (κ1) is 17.4. The van der Waals surface area contributed by atoms with Gasteiger partial charge < -0.3 is 16.0 Å². The third-order valence-corrected chi connectivity index (χ3v) is 3.97. The third-order valence-electron chi connectivity index (χ3n) is 3.97. The maximum Gasteiger partial charge on any atom is 0.225 e. The molecule has 1 atom stereocenters. The molecule has 0 aromatic heterocycles. The van der Waals surface area contributed by atoms with Gasteiger partial charge in [-0.3, -0.25) is 14.5 Å². The minimum absolute atomic E-state index is 0.0619. The topological polar surface area (TPSA) is 78.7 Å². The number of nitrogens with two attached hydrogens (primary N) is 1. The Morgan fingerprint density at radius 3 is 2.30 bits per heavy atom. The van der Waals surface area contributed by atoms with Crippen LogP contribution in [0.25, 0.3) is 0 Å². The Bertz CT molecular complexity index is 534. The van der Waals surface area contributed by atoms with Gasteiger partial charge >= 0.3 is 0 Å². The molecule has 0 aliphatic carbocycles. The quantitative estimate of drug-likeness (QED) is 0.850. The second-order valence-electron chi connectivity index (χ2n) is 6.21. The predicted octanol–water partition coefficient (Wildman–Crippen LogP) is 1.03. The molecule has 0 radical (unpaired) electrons. The number of nitrogens with zero attached hydrogens (tertiary/aromatic N) is 2. The van der Waals surface area contributed by atoms with Crippen molar-refractivity contribution in [3.8, 4) is 0 Å². The lowest BCUT2D eigenvalue weighted by atomic mass is 10.1. The molecule has 2 rings (SSSR count). The molecular formula is C17H26N4O2. The summed E-state index contributed by atoms with van der Waals surface area (Å²) in [5.41, 5.74) is 7.61. The van der Waals surface area contributed by atoms with Gasteiger partial charge in [0, 0.05) is 57.8 Å². The zero-order valence-electron chi connectivity index (χ0n) is 13.9. The second-order valence-corrected chi connectivity index (χ2v) is 6.21. The van der Waals surface area contributed by atoms with Crippen molar-refractivity contribution in [3.05, 3.63) is 29.8 Å². The van der Waals surface area contributed by atoms with Crippen molar-refractivity contribution in [2.75, 3.05) is 31.5 Å². The Kier molecular flexibility index (Phi) is 6.12. The molecule has 1 saturated heterocycles. The summed E-state index contributed by atoms with van der Waals surface area (Å²) in [7, 11) is 0. The molecule has 2 amide bonds. The van der Waals surface area contributed by atoms with E-state index in [1.807, 2.05) is 36.1 Å². The number of hydrogen-bond donors (Lipinski definition) is 2. The van der Waals surface area contributed by atoms with Crippen LogP contribution in [0.4, 0.5) is 5.69 Å². The predicted molar refractivity (Wildman–Crippen MR) is 90.9 cm³/mol. The molecule has 1 unspecified atom stereocenters. The van der Waals surface area contributed by atoms with E-state index >= 15 is 0 Å². The van der Waals surface area contributed by atoms with Crippen LogP contribution in [0.2, 0.25) is 0 Å². The SMILES string of the molecule is CC(=O)N1CCN(Cc2ccc(NC(=O)CC(C)N)cc2)CC1. The number of rotatable bonds is 5. The number of anilines is 1. The molecule has 1 aromatic carbocycles. The summed E-state index contributed by atoms with van der Waals surface area (Å²) in [6.45, 7) is 7.67. The number of carbonyl (C=O) groups excluding carboxylic acids is 2. The van der Waals surface area contributed by atoms with Crippen LogP contribution in [0.1, 0.15) is 25.8 Å². The second kappa shape index (κ2) is 8.08. The first-order valence-electron chi connectivity index (χ1n) is 8.06. The summed E-state index contributed by atoms with van der Waals surface area (Å²) in [4.78, 5) is 27.2. The number of amides is 2. The zero-order valence-corrected chi connectivity index (χ0v) is 13.9. The molecule has 0 saturated carbocycles. The van der Waals surface area contributed by atoms with Gasteiger partial charge in [-0.25, -0.2) is 0 Å². The number of nitrogens with one attached hydrogen (secondary N) is 1. The standard InChI is InChI=1S/C17H26N4O2/c1-13(18)11-17(23)19-16-5-3-15(4-6-16)12-20-7-9-21(10-8-20)14(2)22/h3-6,13H,7-12,18H2,1-2H3,(H,19,23). The van der Waals surface area contributed by atoms with Gasteiger partial charge in [-0.2, -0.15) is 0 Å². The van der Waals surface area contributed by atoms with Crippen molar-refractivity contribution < 1.29 is 9.59 Å². The lowest BCUT2D eigenvalue weighted by Gasteiger charge is -2.34. The molecule has 1 aliphatic heterocycles. The van der Waals surface area contributed by atoms with Crippen LogP contribution in [-0.2, 0) is 16.1 Å². The van der Waals surface area contributed by atoms with E-state index in [1.54, 1.807) is 6.92 Å². The fraction of sp³-hybridized carbons (Fsp3) is 0.529. The number of piperazine rings is 1. The van der Waals surface area contributed by atoms with Gasteiger partial charge in [0.25, 0.3) is 0 Å². The highest BCUT2D eigenvalue weighted by Gasteiger charge is 2.18. The molecule has 0 bridgehead atoms. The van der Waals surface area contributed by atoms with E-state index in [9.17, 15) is 9.59 Å². The molecule has 3 N–H and O–H groups in total. The smallest absolute Gasteiger partial charge is 0.225 e. The van der Waals surface area contributed by atoms with E-state index in [0.29, 0.717) is 6.42 Å². The van der Waals surface area contributed by atoms with Crippen LogP contribution >= 0.6 is 0 Å². The van der Waals surface area contributed by atoms with Crippen molar-refractivity contribution in [3.63, 3.8) is 0 Å². The first-order valence-corrected chi connectivity index (χ1v) is 8.06. The van der Waals surface area contributed by atoms with Gasteiger partial charge in [0.05, 0.1) is 0 Å². The van der Waals surface area contributed by atoms with Crippen molar-refractivity contribution in [2.24, 2.45) is 5.73 Å². The molecule has 126 valence electrons. The summed E-state index contributed by atoms with van der Waals surface area (Å²) >= 11 is 0. The Hall–Kier alpha value is -1.92. The molecular weight excluding hydrogens is 292 g/mol. The van der Waals surface area contributed by atoms with Crippen LogP contribution < -0.4 is 11.1 Å². The van der Waals surface area contributed by atoms with Crippen LogP contribution in [0.15, 0.2) is 24.3 Å². The number of hydrogen-bond acceptors (Lipinski definition) is 4. The van der Waals surface area contributed by atoms with Crippen molar-refractivity contribution in [2.45, 2.75) is 32.9 Å². The monoisotopic (exact) mass is 318 g/mol. The van der Waals surface area contributed by atoms with E-state index in [1.165, 1.54) is 5.56 Å². The lowest BCUT2D eigenvalue weighted by molar-refractivity contribution is -0.130. The van der Waals surface area contributed by atoms with Gasteiger partial charge in [0.2, 0.25) is 11.8 Å². The Morgan fingerprint density at radius 2 is 1.78 bits per heavy atom. The summed E-state index contributed by atoms with van der Waals surface area (Å²) in [6.07, 6.45) is 0.322. The lowest BCUT2D eigenvalue weighted by Crippen LogP contribution is -2.47. The maximum atomic E-state index is 11.7. The first-order chi connectivity index (χ1) is 10.9. The van der Waals surface area contributed by atoms with Crippen molar-refractivity contribution in [1.82, 2.24) is 9.80 Å². The van der Waals surface area contributed by atoms with E-state index in [4.69, 9.17) is 5.73 Å². The zero-order chi connectivity index (χ0) is 16.8. The van der Waals surface area contributed by atoms with Crippen molar-refractivity contribution >= 4 is 17.5 Å². The van der Waals surface area contributed by atoms with Gasteiger partial charge in [0.1, 0.15) is 0 Å². The van der Waals surface area contributed by atoms with E-state index in [2.05, 4.69) is 10.2 Å². The van der Waals surface area contributed by atoms with Crippen LogP contribution in [0.5, 0.6) is 0 Å². The van der Waals surface area contributed by atoms with Crippen molar-refractivity contribution in [1.29, 1.82) is 0 Å². The van der Waals surface area contributed by atoms with E-state index < -0.39 is 0 Å². The average Bonchev–Trinajstić information content (AvgIpc) is 2.49. The molecule has 1 fully saturated rings. The largest absolute Gasteiger partial charge is 0.340 e. The third kappa shape index (κ3) is 5.65. The molecule has 6 heteroatoms. The molecule has 1 aromatic rings. The normalized spacial score (nSPS) is 16.9. The Morgan fingerprint density at radius 1 is 1.17 bits per heavy atom. The Balaban J connectivity index is 1.81. The summed E-state index contributed by atoms with van der Waals surface area (Å²) in [6, 6.07) is 7.75. The summed E-state index contributed by atoms with van der Waals surface area (Å²) in [5.74, 6) is 0.0876. The average molecular weight is 318 g/mol. The number of benzene rings is 1. The van der Waals surface area contributed by atoms with Gasteiger partial charge in [-0.15, -0.1) is 0 Å². The highest BCUT2D eigenvalue weighted by atomic mass is 16.2. The minimum Gasteiger partial charge on any atom is -0.340 e. The van der Waals surface area contributed by atoms with Crippen LogP contribution in [0.3, 0.4) is 0 Å². The fourth-order valence-corrected chi connectivity index (χ4v) is 2.68. The van der Waals surface area contributed by atoms with E-state index in [-0.39, 0.29) is 17.9 Å². The molecule has 1 aliphatic rings. The van der Waals surface area contributed by atoms with Gasteiger partial charge in [-0.1, -0.05) is 12.1 Å². The highest BCUT2D eigenvalue weighted by molar-refractivity contribution is 5.91. The van der Waals surface area contributed by atoms with Crippen LogP contribution in [0, 0.1) is 0 Å². The highest BCUT2D eigenvalue weighted by Crippen LogP contribution is 2.13. The number of carbonyl (C=O) groups is 2. The van der Waals surface area contributed by atoms with E-state index in [0.717, 1.165) is 38.4 Å². The Labute approximate surface area is 137 Å². The van der Waals surface area contributed by atoms with Crippen LogP contribution in [-0.4, -0.2) is 53.8 Å². The molecule has 0 spiro atoms. The molecule has 1 heterocycles.